The molecule has 2 atom stereocenters. The van der Waals surface area contributed by atoms with Crippen LogP contribution >= 0.6 is 0 Å². The van der Waals surface area contributed by atoms with Gasteiger partial charge in [0.05, 0.1) is 0 Å². The van der Waals surface area contributed by atoms with E-state index < -0.39 is 0 Å². The van der Waals surface area contributed by atoms with Gasteiger partial charge in [0.15, 0.2) is 0 Å². The summed E-state index contributed by atoms with van der Waals surface area (Å²) >= 11 is 0. The molecule has 2 N–H and O–H groups in total. The molecule has 72 valence electrons. The van der Waals surface area contributed by atoms with Crippen molar-refractivity contribution >= 4 is 0 Å². The Morgan fingerprint density at radius 2 is 2.17 bits per heavy atom. The molecule has 0 aromatic carbocycles. The molecule has 2 nitrogen and oxygen atoms in total. The quantitative estimate of drug-likeness (QED) is 0.694. The van der Waals surface area contributed by atoms with Crippen LogP contribution < -0.4 is 5.73 Å². The van der Waals surface area contributed by atoms with Crippen LogP contribution in [0, 0.1) is 5.92 Å². The topological polar surface area (TPSA) is 29.3 Å². The fourth-order valence-electron chi connectivity index (χ4n) is 2.27. The van der Waals surface area contributed by atoms with Crippen molar-refractivity contribution in [3.05, 3.63) is 0 Å². The SMILES string of the molecule is CCC(C(C)C)N1CCC(N)C1. The number of rotatable bonds is 3. The van der Waals surface area contributed by atoms with Gasteiger partial charge in [0.2, 0.25) is 0 Å². The predicted molar refractivity (Wildman–Crippen MR) is 53.1 cm³/mol. The number of likely N-dealkylation sites (tertiary alicyclic amines) is 1. The molecule has 2 unspecified atom stereocenters. The van der Waals surface area contributed by atoms with Gasteiger partial charge in [0.1, 0.15) is 0 Å². The maximum atomic E-state index is 5.88. The van der Waals surface area contributed by atoms with Gasteiger partial charge >= 0.3 is 0 Å². The van der Waals surface area contributed by atoms with Gasteiger partial charge in [-0.1, -0.05) is 20.8 Å². The summed E-state index contributed by atoms with van der Waals surface area (Å²) in [6.07, 6.45) is 2.44. The first-order valence-corrected chi connectivity index (χ1v) is 5.14. The van der Waals surface area contributed by atoms with Gasteiger partial charge in [0, 0.05) is 25.2 Å². The van der Waals surface area contributed by atoms with E-state index in [4.69, 9.17) is 5.73 Å². The van der Waals surface area contributed by atoms with Gasteiger partial charge in [0.25, 0.3) is 0 Å². The second-order valence-corrected chi connectivity index (χ2v) is 4.26. The standard InChI is InChI=1S/C10H22N2/c1-4-10(8(2)3)12-6-5-9(11)7-12/h8-10H,4-7,11H2,1-3H3. The van der Waals surface area contributed by atoms with E-state index in [1.54, 1.807) is 0 Å². The largest absolute Gasteiger partial charge is 0.326 e. The van der Waals surface area contributed by atoms with E-state index in [-0.39, 0.29) is 0 Å². The predicted octanol–water partition coefficient (Wildman–Crippen LogP) is 1.45. The lowest BCUT2D eigenvalue weighted by molar-refractivity contribution is 0.184. The summed E-state index contributed by atoms with van der Waals surface area (Å²) in [6, 6.07) is 1.18. The number of nitrogens with zero attached hydrogens (tertiary/aromatic N) is 1. The molecular formula is C10H22N2. The highest BCUT2D eigenvalue weighted by Crippen LogP contribution is 2.19. The van der Waals surface area contributed by atoms with E-state index in [1.165, 1.54) is 19.4 Å². The van der Waals surface area contributed by atoms with E-state index in [0.717, 1.165) is 18.5 Å². The van der Waals surface area contributed by atoms with E-state index in [2.05, 4.69) is 25.7 Å². The first-order valence-electron chi connectivity index (χ1n) is 5.14. The van der Waals surface area contributed by atoms with Gasteiger partial charge in [-0.05, 0) is 18.8 Å². The second kappa shape index (κ2) is 4.24. The van der Waals surface area contributed by atoms with Gasteiger partial charge in [-0.25, -0.2) is 0 Å². The average Bonchev–Trinajstić information content (AvgIpc) is 2.37. The number of hydrogen-bond acceptors (Lipinski definition) is 2. The van der Waals surface area contributed by atoms with Gasteiger partial charge in [-0.15, -0.1) is 0 Å². The fourth-order valence-corrected chi connectivity index (χ4v) is 2.27. The van der Waals surface area contributed by atoms with Crippen molar-refractivity contribution in [2.24, 2.45) is 11.7 Å². The zero-order chi connectivity index (χ0) is 9.14. The van der Waals surface area contributed by atoms with Crippen molar-refractivity contribution in [1.29, 1.82) is 0 Å². The maximum absolute atomic E-state index is 5.88. The Bertz CT molecular complexity index is 134. The Labute approximate surface area is 76.1 Å². The molecule has 0 spiro atoms. The Morgan fingerprint density at radius 1 is 1.50 bits per heavy atom. The first-order chi connectivity index (χ1) is 5.65. The van der Waals surface area contributed by atoms with Gasteiger partial charge < -0.3 is 5.73 Å². The maximum Gasteiger partial charge on any atom is 0.0180 e. The average molecular weight is 170 g/mol. The van der Waals surface area contributed by atoms with Crippen molar-refractivity contribution in [3.8, 4) is 0 Å². The molecule has 1 rings (SSSR count). The molecule has 1 saturated heterocycles. The lowest BCUT2D eigenvalue weighted by Gasteiger charge is -2.29. The molecule has 1 aliphatic rings. The Hall–Kier alpha value is -0.0800. The third-order valence-electron chi connectivity index (χ3n) is 2.91. The summed E-state index contributed by atoms with van der Waals surface area (Å²) in [7, 11) is 0. The lowest BCUT2D eigenvalue weighted by Crippen LogP contribution is -2.38. The molecule has 1 aliphatic heterocycles. The molecule has 0 bridgehead atoms. The van der Waals surface area contributed by atoms with Crippen LogP contribution in [-0.4, -0.2) is 30.1 Å². The van der Waals surface area contributed by atoms with E-state index in [0.29, 0.717) is 6.04 Å². The monoisotopic (exact) mass is 170 g/mol. The molecule has 0 radical (unpaired) electrons. The fraction of sp³-hybridized carbons (Fsp3) is 1.00. The summed E-state index contributed by atoms with van der Waals surface area (Å²) < 4.78 is 0. The molecule has 0 amide bonds. The van der Waals surface area contributed by atoms with E-state index in [1.807, 2.05) is 0 Å². The highest BCUT2D eigenvalue weighted by Gasteiger charge is 2.26. The van der Waals surface area contributed by atoms with Crippen molar-refractivity contribution < 1.29 is 0 Å². The molecule has 1 heterocycles. The smallest absolute Gasteiger partial charge is 0.0180 e. The summed E-state index contributed by atoms with van der Waals surface area (Å²) in [5.41, 5.74) is 5.88. The number of hydrogen-bond donors (Lipinski definition) is 1. The summed E-state index contributed by atoms with van der Waals surface area (Å²) in [6.45, 7) is 9.19. The minimum atomic E-state index is 0.429. The molecule has 12 heavy (non-hydrogen) atoms. The molecule has 0 aliphatic carbocycles. The van der Waals surface area contributed by atoms with Crippen LogP contribution in [0.15, 0.2) is 0 Å². The van der Waals surface area contributed by atoms with Crippen LogP contribution in [0.2, 0.25) is 0 Å². The van der Waals surface area contributed by atoms with Crippen LogP contribution in [0.4, 0.5) is 0 Å². The molecular weight excluding hydrogens is 148 g/mol. The van der Waals surface area contributed by atoms with Crippen LogP contribution in [0.5, 0.6) is 0 Å². The van der Waals surface area contributed by atoms with Crippen LogP contribution in [-0.2, 0) is 0 Å². The summed E-state index contributed by atoms with van der Waals surface area (Å²) in [5.74, 6) is 0.764. The van der Waals surface area contributed by atoms with Gasteiger partial charge in [-0.2, -0.15) is 0 Å². The highest BCUT2D eigenvalue weighted by atomic mass is 15.2. The minimum absolute atomic E-state index is 0.429. The van der Waals surface area contributed by atoms with Gasteiger partial charge in [-0.3, -0.25) is 4.90 Å². The third kappa shape index (κ3) is 2.20. The van der Waals surface area contributed by atoms with Crippen LogP contribution in [0.1, 0.15) is 33.6 Å². The van der Waals surface area contributed by atoms with Crippen molar-refractivity contribution in [2.75, 3.05) is 13.1 Å². The summed E-state index contributed by atoms with van der Waals surface area (Å²) in [5, 5.41) is 0. The lowest BCUT2D eigenvalue weighted by atomic mass is 10.0. The van der Waals surface area contributed by atoms with Crippen LogP contribution in [0.25, 0.3) is 0 Å². The molecule has 1 fully saturated rings. The van der Waals surface area contributed by atoms with E-state index in [9.17, 15) is 0 Å². The minimum Gasteiger partial charge on any atom is -0.326 e. The third-order valence-corrected chi connectivity index (χ3v) is 2.91. The Kier molecular flexibility index (Phi) is 3.53. The highest BCUT2D eigenvalue weighted by molar-refractivity contribution is 4.83. The summed E-state index contributed by atoms with van der Waals surface area (Å²) in [4.78, 5) is 2.55. The zero-order valence-electron chi connectivity index (χ0n) is 8.59. The Balaban J connectivity index is 2.44. The van der Waals surface area contributed by atoms with Crippen molar-refractivity contribution in [3.63, 3.8) is 0 Å². The molecule has 2 heteroatoms. The molecule has 0 saturated carbocycles. The Morgan fingerprint density at radius 3 is 2.50 bits per heavy atom. The van der Waals surface area contributed by atoms with E-state index >= 15 is 0 Å². The van der Waals surface area contributed by atoms with Crippen molar-refractivity contribution in [1.82, 2.24) is 4.90 Å². The first kappa shape index (κ1) is 10.0. The normalized spacial score (nSPS) is 28.2. The van der Waals surface area contributed by atoms with Crippen molar-refractivity contribution in [2.45, 2.75) is 45.7 Å². The molecule has 0 aromatic rings. The second-order valence-electron chi connectivity index (χ2n) is 4.26. The zero-order valence-corrected chi connectivity index (χ0v) is 8.59. The number of nitrogens with two attached hydrogens (primary N) is 1. The molecule has 0 aromatic heterocycles. The van der Waals surface area contributed by atoms with Crippen LogP contribution in [0.3, 0.4) is 0 Å².